The molecule has 22 heteroatoms. The van der Waals surface area contributed by atoms with Crippen LogP contribution in [-0.2, 0) is 47.4 Å². The summed E-state index contributed by atoms with van der Waals surface area (Å²) in [6, 6.07) is -2.90. The average molecular weight is 643 g/mol. The van der Waals surface area contributed by atoms with Crippen LogP contribution in [0, 0.1) is 5.92 Å². The van der Waals surface area contributed by atoms with Crippen LogP contribution in [0.2, 0.25) is 0 Å². The highest BCUT2D eigenvalue weighted by Crippen LogP contribution is 2.40. The Balaban J connectivity index is 1.28. The second-order valence-electron chi connectivity index (χ2n) is 9.98. The number of nitrogens with one attached hydrogen (secondary N) is 1. The van der Waals surface area contributed by atoms with Crippen LogP contribution >= 0.6 is 11.3 Å². The van der Waals surface area contributed by atoms with Gasteiger partial charge in [0.25, 0.3) is 11.8 Å². The Hall–Kier alpha value is -4.41. The molecule has 43 heavy (non-hydrogen) atoms. The average Bonchev–Trinajstić information content (AvgIpc) is 3.38. The van der Waals surface area contributed by atoms with Crippen molar-refractivity contribution >= 4 is 56.4 Å². The first-order chi connectivity index (χ1) is 20.3. The number of oxime groups is 1. The Labute approximate surface area is 246 Å². The van der Waals surface area contributed by atoms with E-state index in [9.17, 15) is 37.3 Å². The standard InChI is InChI=1S/C21H26N10O10S2/c22-3-10-5-29(6-10)20(36)40-8-11-4-24-30(27-11)7-13-15(17(33)31(13)43(37,38)39)26-16(32)14(12-9-42-19(23)25-12)28-41-21(1-2-21)18(34)35/h4,9-10,13,15H,1-3,5-8,22H2,(H2,23,25)(H,26,32)(H,34,35)(H,37,38,39)/t13-,15-/m0/s1. The van der Waals surface area contributed by atoms with Gasteiger partial charge in [0, 0.05) is 37.2 Å². The molecule has 1 saturated carbocycles. The monoisotopic (exact) mass is 642 g/mol. The third-order valence-corrected chi connectivity index (χ3v) is 8.54. The first-order valence-corrected chi connectivity index (χ1v) is 14.9. The Kier molecular flexibility index (Phi) is 7.93. The molecule has 0 unspecified atom stereocenters. The first-order valence-electron chi connectivity index (χ1n) is 12.6. The van der Waals surface area contributed by atoms with Crippen molar-refractivity contribution in [1.29, 1.82) is 0 Å². The molecule has 2 atom stereocenters. The minimum Gasteiger partial charge on any atom is -0.478 e. The zero-order chi connectivity index (χ0) is 31.1. The van der Waals surface area contributed by atoms with Gasteiger partial charge in [-0.05, 0) is 6.54 Å². The summed E-state index contributed by atoms with van der Waals surface area (Å²) in [6.45, 7) is 0.749. The summed E-state index contributed by atoms with van der Waals surface area (Å²) in [6.07, 6.45) is 0.987. The summed E-state index contributed by atoms with van der Waals surface area (Å²) >= 11 is 0.953. The molecule has 0 bridgehead atoms. The molecule has 232 valence electrons. The summed E-state index contributed by atoms with van der Waals surface area (Å²) in [5.74, 6) is -3.30. The number of likely N-dealkylation sites (tertiary alicyclic amines) is 1. The molecule has 1 aliphatic carbocycles. The number of carboxylic acid groups (broad SMARTS) is 1. The van der Waals surface area contributed by atoms with Crippen LogP contribution < -0.4 is 16.8 Å². The number of carboxylic acids is 1. The maximum Gasteiger partial charge on any atom is 0.410 e. The highest BCUT2D eigenvalue weighted by molar-refractivity contribution is 7.84. The Bertz CT molecular complexity index is 1580. The second kappa shape index (κ2) is 11.3. The molecule has 2 aromatic heterocycles. The number of anilines is 1. The van der Waals surface area contributed by atoms with Crippen LogP contribution in [0.5, 0.6) is 0 Å². The van der Waals surface area contributed by atoms with Gasteiger partial charge in [-0.3, -0.25) is 14.1 Å². The Morgan fingerprint density at radius 3 is 2.58 bits per heavy atom. The normalized spacial score (nSPS) is 21.5. The smallest absolute Gasteiger partial charge is 0.410 e. The molecular formula is C21H26N10O10S2. The number of ether oxygens (including phenoxy) is 1. The molecule has 5 rings (SSSR count). The molecule has 20 nitrogen and oxygen atoms in total. The molecule has 4 heterocycles. The van der Waals surface area contributed by atoms with E-state index in [1.807, 2.05) is 0 Å². The number of aromatic nitrogens is 4. The first kappa shape index (κ1) is 30.1. The van der Waals surface area contributed by atoms with Crippen LogP contribution in [0.1, 0.15) is 24.2 Å². The third kappa shape index (κ3) is 6.21. The molecule has 0 radical (unpaired) electrons. The zero-order valence-electron chi connectivity index (χ0n) is 22.1. The van der Waals surface area contributed by atoms with Crippen molar-refractivity contribution in [2.75, 3.05) is 25.4 Å². The Morgan fingerprint density at radius 2 is 2.00 bits per heavy atom. The summed E-state index contributed by atoms with van der Waals surface area (Å²) in [5.41, 5.74) is 9.19. The van der Waals surface area contributed by atoms with Crippen LogP contribution in [0.4, 0.5) is 9.93 Å². The lowest BCUT2D eigenvalue weighted by molar-refractivity contribution is -0.153. The van der Waals surface area contributed by atoms with Crippen molar-refractivity contribution in [2.24, 2.45) is 16.8 Å². The van der Waals surface area contributed by atoms with E-state index in [0.29, 0.717) is 19.6 Å². The number of aliphatic carboxylic acids is 1. The number of rotatable bonds is 12. The SMILES string of the molecule is NCC1CN(C(=O)OCc2cnn(C[C@H]3[C@H](NC(=O)C(=NOC4(C(=O)O)CC4)c4csc(N)n4)C(=O)N3S(=O)(=O)O)n2)C1. The highest BCUT2D eigenvalue weighted by atomic mass is 32.2. The number of carbonyl (C=O) groups excluding carboxylic acids is 3. The number of hydrogen-bond acceptors (Lipinski definition) is 15. The maximum absolute atomic E-state index is 13.2. The van der Waals surface area contributed by atoms with Gasteiger partial charge < -0.3 is 36.4 Å². The van der Waals surface area contributed by atoms with Crippen LogP contribution in [0.15, 0.2) is 16.7 Å². The fourth-order valence-corrected chi connectivity index (χ4v) is 5.71. The number of carbonyl (C=O) groups is 4. The van der Waals surface area contributed by atoms with E-state index >= 15 is 0 Å². The number of amides is 3. The van der Waals surface area contributed by atoms with E-state index in [-0.39, 0.29) is 46.2 Å². The van der Waals surface area contributed by atoms with Crippen LogP contribution in [0.3, 0.4) is 0 Å². The van der Waals surface area contributed by atoms with E-state index in [1.54, 1.807) is 0 Å². The molecule has 2 saturated heterocycles. The number of nitrogen functional groups attached to an aromatic ring is 1. The minimum absolute atomic E-state index is 0.0564. The minimum atomic E-state index is -5.05. The van der Waals surface area contributed by atoms with Gasteiger partial charge in [0.2, 0.25) is 5.60 Å². The fraction of sp³-hybridized carbons (Fsp3) is 0.524. The maximum atomic E-state index is 13.2. The number of nitrogens with zero attached hydrogens (tertiary/aromatic N) is 7. The van der Waals surface area contributed by atoms with E-state index in [2.05, 4.69) is 25.7 Å². The summed E-state index contributed by atoms with van der Waals surface area (Å²) < 4.78 is 38.8. The second-order valence-corrected chi connectivity index (χ2v) is 12.2. The van der Waals surface area contributed by atoms with Crippen molar-refractivity contribution in [3.05, 3.63) is 23.0 Å². The molecule has 7 N–H and O–H groups in total. The van der Waals surface area contributed by atoms with Gasteiger partial charge in [0.05, 0.1) is 12.7 Å². The van der Waals surface area contributed by atoms with Gasteiger partial charge in [-0.2, -0.15) is 23.4 Å². The lowest BCUT2D eigenvalue weighted by Crippen LogP contribution is -2.73. The highest BCUT2D eigenvalue weighted by Gasteiger charge is 2.56. The predicted molar refractivity (Wildman–Crippen MR) is 142 cm³/mol. The summed E-state index contributed by atoms with van der Waals surface area (Å²) in [4.78, 5) is 61.1. The van der Waals surface area contributed by atoms with Gasteiger partial charge in [-0.25, -0.2) is 18.9 Å². The van der Waals surface area contributed by atoms with Gasteiger partial charge in [0.1, 0.15) is 30.1 Å². The third-order valence-electron chi connectivity index (χ3n) is 6.92. The quantitative estimate of drug-likeness (QED) is 0.0685. The molecular weight excluding hydrogens is 616 g/mol. The number of β-lactam (4-membered cyclic amide) rings is 1. The molecule has 0 spiro atoms. The van der Waals surface area contributed by atoms with E-state index in [0.717, 1.165) is 16.1 Å². The molecule has 2 aliphatic heterocycles. The Morgan fingerprint density at radius 1 is 1.28 bits per heavy atom. The van der Waals surface area contributed by atoms with Gasteiger partial charge in [-0.15, -0.1) is 11.3 Å². The number of hydrogen-bond donors (Lipinski definition) is 5. The molecule has 0 aromatic carbocycles. The van der Waals surface area contributed by atoms with Gasteiger partial charge in [0.15, 0.2) is 10.8 Å². The predicted octanol–water partition coefficient (Wildman–Crippen LogP) is -2.62. The van der Waals surface area contributed by atoms with Crippen molar-refractivity contribution in [3.63, 3.8) is 0 Å². The number of thiazole rings is 1. The van der Waals surface area contributed by atoms with Crippen molar-refractivity contribution in [1.82, 2.24) is 34.5 Å². The summed E-state index contributed by atoms with van der Waals surface area (Å²) in [7, 11) is -5.05. The lowest BCUT2D eigenvalue weighted by Gasteiger charge is -2.43. The van der Waals surface area contributed by atoms with E-state index in [4.69, 9.17) is 21.0 Å². The largest absolute Gasteiger partial charge is 0.478 e. The van der Waals surface area contributed by atoms with E-state index in [1.165, 1.54) is 16.5 Å². The molecule has 3 fully saturated rings. The van der Waals surface area contributed by atoms with Crippen molar-refractivity contribution in [3.8, 4) is 0 Å². The molecule has 3 aliphatic rings. The van der Waals surface area contributed by atoms with Crippen LogP contribution in [-0.4, -0.2) is 114 Å². The van der Waals surface area contributed by atoms with Gasteiger partial charge in [-0.1, -0.05) is 5.16 Å². The zero-order valence-corrected chi connectivity index (χ0v) is 23.7. The molecule has 3 amide bonds. The van der Waals surface area contributed by atoms with Crippen LogP contribution in [0.25, 0.3) is 0 Å². The van der Waals surface area contributed by atoms with Gasteiger partial charge >= 0.3 is 22.4 Å². The van der Waals surface area contributed by atoms with Crippen molar-refractivity contribution in [2.45, 2.75) is 43.7 Å². The number of nitrogens with two attached hydrogens (primary N) is 2. The van der Waals surface area contributed by atoms with Crippen molar-refractivity contribution < 1.29 is 46.8 Å². The topological polar surface area (TPSA) is 288 Å². The fourth-order valence-electron chi connectivity index (χ4n) is 4.29. The van der Waals surface area contributed by atoms with E-state index < -0.39 is 64.1 Å². The molecule has 2 aromatic rings. The lowest BCUT2D eigenvalue weighted by atomic mass is 9.98. The summed E-state index contributed by atoms with van der Waals surface area (Å²) in [5, 5.41) is 24.8.